The summed E-state index contributed by atoms with van der Waals surface area (Å²) < 4.78 is 5.50. The zero-order valence-corrected chi connectivity index (χ0v) is 9.63. The fraction of sp³-hybridized carbons (Fsp3) is 0.231. The van der Waals surface area contributed by atoms with E-state index in [1.54, 1.807) is 24.5 Å². The van der Waals surface area contributed by atoms with Crippen LogP contribution in [0.25, 0.3) is 11.3 Å². The highest BCUT2D eigenvalue weighted by molar-refractivity contribution is 5.59. The van der Waals surface area contributed by atoms with E-state index in [-0.39, 0.29) is 5.75 Å². The molecule has 2 aromatic rings. The predicted molar refractivity (Wildman–Crippen MR) is 64.9 cm³/mol. The van der Waals surface area contributed by atoms with Crippen molar-refractivity contribution < 1.29 is 9.84 Å². The van der Waals surface area contributed by atoms with Crippen LogP contribution in [0, 0.1) is 0 Å². The summed E-state index contributed by atoms with van der Waals surface area (Å²) in [5, 5.41) is 9.17. The lowest BCUT2D eigenvalue weighted by Crippen LogP contribution is -1.95. The fourth-order valence-corrected chi connectivity index (χ4v) is 1.41. The van der Waals surface area contributed by atoms with Crippen LogP contribution in [0.2, 0.25) is 0 Å². The van der Waals surface area contributed by atoms with Crippen molar-refractivity contribution in [2.45, 2.75) is 13.3 Å². The van der Waals surface area contributed by atoms with Gasteiger partial charge in [-0.1, -0.05) is 6.92 Å². The Balaban J connectivity index is 2.23. The molecule has 0 atom stereocenters. The van der Waals surface area contributed by atoms with Gasteiger partial charge in [-0.2, -0.15) is 0 Å². The van der Waals surface area contributed by atoms with Gasteiger partial charge in [-0.15, -0.1) is 0 Å². The number of aromatic nitrogens is 2. The number of hydrogen-bond acceptors (Lipinski definition) is 4. The minimum absolute atomic E-state index is 0.153. The van der Waals surface area contributed by atoms with Gasteiger partial charge in [0, 0.05) is 11.8 Å². The average Bonchev–Trinajstić information content (AvgIpc) is 2.37. The zero-order chi connectivity index (χ0) is 12.1. The van der Waals surface area contributed by atoms with E-state index < -0.39 is 0 Å². The largest absolute Gasteiger partial charge is 0.506 e. The number of aromatic hydroxyl groups is 1. The molecular weight excluding hydrogens is 216 g/mol. The van der Waals surface area contributed by atoms with Gasteiger partial charge in [-0.05, 0) is 24.6 Å². The fourth-order valence-electron chi connectivity index (χ4n) is 1.41. The van der Waals surface area contributed by atoms with Gasteiger partial charge in [0.2, 0.25) is 0 Å². The van der Waals surface area contributed by atoms with Crippen molar-refractivity contribution in [3.05, 3.63) is 36.8 Å². The third kappa shape index (κ3) is 2.93. The number of pyridine rings is 2. The molecule has 0 aliphatic heterocycles. The van der Waals surface area contributed by atoms with E-state index in [0.717, 1.165) is 23.4 Å². The van der Waals surface area contributed by atoms with Crippen LogP contribution in [-0.4, -0.2) is 21.7 Å². The van der Waals surface area contributed by atoms with Gasteiger partial charge < -0.3 is 9.84 Å². The van der Waals surface area contributed by atoms with E-state index in [0.29, 0.717) is 6.61 Å². The highest BCUT2D eigenvalue weighted by atomic mass is 16.5. The molecule has 4 heteroatoms. The minimum Gasteiger partial charge on any atom is -0.506 e. The third-order valence-electron chi connectivity index (χ3n) is 2.23. The van der Waals surface area contributed by atoms with Crippen molar-refractivity contribution in [2.75, 3.05) is 6.61 Å². The zero-order valence-electron chi connectivity index (χ0n) is 9.63. The average molecular weight is 230 g/mol. The second-order valence-corrected chi connectivity index (χ2v) is 3.66. The summed E-state index contributed by atoms with van der Waals surface area (Å²) in [5.74, 6) is 0.888. The van der Waals surface area contributed by atoms with Crippen LogP contribution in [0.4, 0.5) is 0 Å². The van der Waals surface area contributed by atoms with Crippen LogP contribution < -0.4 is 4.74 Å². The van der Waals surface area contributed by atoms with Crippen LogP contribution in [-0.2, 0) is 0 Å². The predicted octanol–water partition coefficient (Wildman–Crippen LogP) is 2.64. The quantitative estimate of drug-likeness (QED) is 0.877. The van der Waals surface area contributed by atoms with Crippen LogP contribution in [0.15, 0.2) is 36.8 Å². The van der Waals surface area contributed by atoms with Crippen molar-refractivity contribution in [1.29, 1.82) is 0 Å². The smallest absolute Gasteiger partial charge is 0.138 e. The SMILES string of the molecule is CCCOc1cncc(-c2ccc(O)cn2)c1. The molecule has 0 radical (unpaired) electrons. The van der Waals surface area contributed by atoms with E-state index in [1.165, 1.54) is 6.20 Å². The van der Waals surface area contributed by atoms with E-state index >= 15 is 0 Å². The van der Waals surface area contributed by atoms with Crippen molar-refractivity contribution in [3.63, 3.8) is 0 Å². The molecule has 88 valence electrons. The first-order chi connectivity index (χ1) is 8.29. The molecule has 0 spiro atoms. The van der Waals surface area contributed by atoms with Crippen LogP contribution >= 0.6 is 0 Å². The molecular formula is C13H14N2O2. The molecule has 0 fully saturated rings. The maximum Gasteiger partial charge on any atom is 0.138 e. The monoisotopic (exact) mass is 230 g/mol. The third-order valence-corrected chi connectivity index (χ3v) is 2.23. The van der Waals surface area contributed by atoms with Gasteiger partial charge in [0.25, 0.3) is 0 Å². The highest BCUT2D eigenvalue weighted by Crippen LogP contribution is 2.22. The Labute approximate surface area is 99.9 Å². The normalized spacial score (nSPS) is 10.2. The Morgan fingerprint density at radius 3 is 2.82 bits per heavy atom. The van der Waals surface area contributed by atoms with Crippen molar-refractivity contribution >= 4 is 0 Å². The number of ether oxygens (including phenoxy) is 1. The molecule has 0 amide bonds. The topological polar surface area (TPSA) is 55.2 Å². The van der Waals surface area contributed by atoms with E-state index in [4.69, 9.17) is 4.74 Å². The molecule has 1 N–H and O–H groups in total. The van der Waals surface area contributed by atoms with Gasteiger partial charge in [0.05, 0.1) is 24.7 Å². The maximum absolute atomic E-state index is 9.17. The van der Waals surface area contributed by atoms with E-state index in [9.17, 15) is 5.11 Å². The lowest BCUT2D eigenvalue weighted by molar-refractivity contribution is 0.316. The molecule has 2 rings (SSSR count). The molecule has 0 aliphatic carbocycles. The second-order valence-electron chi connectivity index (χ2n) is 3.66. The summed E-state index contributed by atoms with van der Waals surface area (Å²) >= 11 is 0. The van der Waals surface area contributed by atoms with Crippen molar-refractivity contribution in [3.8, 4) is 22.8 Å². The summed E-state index contributed by atoms with van der Waals surface area (Å²) in [5.41, 5.74) is 1.64. The lowest BCUT2D eigenvalue weighted by Gasteiger charge is -2.06. The molecule has 0 saturated carbocycles. The molecule has 0 aromatic carbocycles. The van der Waals surface area contributed by atoms with Gasteiger partial charge in [0.15, 0.2) is 0 Å². The van der Waals surface area contributed by atoms with Crippen LogP contribution in [0.1, 0.15) is 13.3 Å². The molecule has 0 bridgehead atoms. The van der Waals surface area contributed by atoms with Crippen molar-refractivity contribution in [2.24, 2.45) is 0 Å². The molecule has 2 aromatic heterocycles. The van der Waals surface area contributed by atoms with Gasteiger partial charge in [-0.25, -0.2) is 0 Å². The lowest BCUT2D eigenvalue weighted by atomic mass is 10.2. The molecule has 2 heterocycles. The van der Waals surface area contributed by atoms with Crippen molar-refractivity contribution in [1.82, 2.24) is 9.97 Å². The molecule has 17 heavy (non-hydrogen) atoms. The Bertz CT molecular complexity index is 483. The number of hydrogen-bond donors (Lipinski definition) is 1. The van der Waals surface area contributed by atoms with E-state index in [1.807, 2.05) is 6.07 Å². The van der Waals surface area contributed by atoms with Crippen LogP contribution in [0.5, 0.6) is 11.5 Å². The Morgan fingerprint density at radius 2 is 2.12 bits per heavy atom. The summed E-state index contributed by atoms with van der Waals surface area (Å²) in [4.78, 5) is 8.23. The second kappa shape index (κ2) is 5.30. The van der Waals surface area contributed by atoms with Gasteiger partial charge in [0.1, 0.15) is 11.5 Å². The van der Waals surface area contributed by atoms with Gasteiger partial charge >= 0.3 is 0 Å². The minimum atomic E-state index is 0.153. The number of rotatable bonds is 4. The summed E-state index contributed by atoms with van der Waals surface area (Å²) in [6.45, 7) is 2.73. The first-order valence-electron chi connectivity index (χ1n) is 5.53. The standard InChI is InChI=1S/C13H14N2O2/c1-2-5-17-12-6-10(7-14-9-12)13-4-3-11(16)8-15-13/h3-4,6-9,16H,2,5H2,1H3. The Morgan fingerprint density at radius 1 is 1.24 bits per heavy atom. The van der Waals surface area contributed by atoms with E-state index in [2.05, 4.69) is 16.9 Å². The Kier molecular flexibility index (Phi) is 3.55. The highest BCUT2D eigenvalue weighted by Gasteiger charge is 2.02. The molecule has 0 aliphatic rings. The molecule has 4 nitrogen and oxygen atoms in total. The summed E-state index contributed by atoms with van der Waals surface area (Å²) in [6.07, 6.45) is 5.77. The molecule has 0 unspecified atom stereocenters. The summed E-state index contributed by atoms with van der Waals surface area (Å²) in [7, 11) is 0. The number of nitrogens with zero attached hydrogens (tertiary/aromatic N) is 2. The first kappa shape index (κ1) is 11.4. The molecule has 0 saturated heterocycles. The van der Waals surface area contributed by atoms with Gasteiger partial charge in [-0.3, -0.25) is 9.97 Å². The Hall–Kier alpha value is -2.10. The summed E-state index contributed by atoms with van der Waals surface area (Å²) in [6, 6.07) is 5.24. The first-order valence-corrected chi connectivity index (χ1v) is 5.53. The maximum atomic E-state index is 9.17. The van der Waals surface area contributed by atoms with Crippen LogP contribution in [0.3, 0.4) is 0 Å².